The number of rotatable bonds is 7. The second-order valence-corrected chi connectivity index (χ2v) is 7.56. The number of nitrogens with zero attached hydrogens (tertiary/aromatic N) is 1. The fourth-order valence-corrected chi connectivity index (χ4v) is 3.55. The Hall–Kier alpha value is -2.49. The Labute approximate surface area is 162 Å². The average Bonchev–Trinajstić information content (AvgIpc) is 2.68. The summed E-state index contributed by atoms with van der Waals surface area (Å²) in [5.74, 6) is 1.70. The van der Waals surface area contributed by atoms with Crippen LogP contribution >= 0.6 is 0 Å². The summed E-state index contributed by atoms with van der Waals surface area (Å²) in [4.78, 5) is 14.5. The third kappa shape index (κ3) is 6.02. The van der Waals surface area contributed by atoms with Crippen LogP contribution in [0.5, 0.6) is 5.75 Å². The Morgan fingerprint density at radius 3 is 2.37 bits per heavy atom. The third-order valence-electron chi connectivity index (χ3n) is 5.00. The van der Waals surface area contributed by atoms with E-state index in [4.69, 9.17) is 4.74 Å². The molecule has 2 aromatic rings. The van der Waals surface area contributed by atoms with Gasteiger partial charge in [-0.3, -0.25) is 4.79 Å². The molecule has 2 aromatic carbocycles. The first-order valence-corrected chi connectivity index (χ1v) is 9.92. The van der Waals surface area contributed by atoms with Crippen molar-refractivity contribution >= 4 is 11.6 Å². The highest BCUT2D eigenvalue weighted by Gasteiger charge is 2.22. The quantitative estimate of drug-likeness (QED) is 0.791. The van der Waals surface area contributed by atoms with Crippen molar-refractivity contribution in [2.24, 2.45) is 5.92 Å². The van der Waals surface area contributed by atoms with Gasteiger partial charge in [0.2, 0.25) is 5.91 Å². The van der Waals surface area contributed by atoms with E-state index in [1.807, 2.05) is 43.0 Å². The molecule has 0 spiro atoms. The number of anilines is 1. The number of likely N-dealkylation sites (tertiary alicyclic amines) is 1. The standard InChI is InChI=1S/C23H30N2O2/c1-18(2)27-22-10-8-21(9-11-22)24-17-23(26)25-14-12-20(13-15-25)16-19-6-4-3-5-7-19/h3-11,18,20,24H,12-17H2,1-2H3. The molecule has 1 heterocycles. The predicted octanol–water partition coefficient (Wildman–Crippen LogP) is 4.37. The Bertz CT molecular complexity index is 705. The highest BCUT2D eigenvalue weighted by atomic mass is 16.5. The zero-order valence-corrected chi connectivity index (χ0v) is 16.4. The van der Waals surface area contributed by atoms with Crippen molar-refractivity contribution in [3.8, 4) is 5.75 Å². The second kappa shape index (κ2) is 9.45. The summed E-state index contributed by atoms with van der Waals surface area (Å²) >= 11 is 0. The molecule has 0 aromatic heterocycles. The van der Waals surface area contributed by atoms with Crippen LogP contribution in [0.4, 0.5) is 5.69 Å². The van der Waals surface area contributed by atoms with Crippen LogP contribution in [0.1, 0.15) is 32.3 Å². The number of hydrogen-bond acceptors (Lipinski definition) is 3. The van der Waals surface area contributed by atoms with E-state index in [0.29, 0.717) is 12.5 Å². The van der Waals surface area contributed by atoms with Crippen molar-refractivity contribution in [2.75, 3.05) is 25.0 Å². The van der Waals surface area contributed by atoms with Crippen LogP contribution in [0.2, 0.25) is 0 Å². The fourth-order valence-electron chi connectivity index (χ4n) is 3.55. The molecule has 0 atom stereocenters. The van der Waals surface area contributed by atoms with Gasteiger partial charge in [-0.05, 0) is 68.9 Å². The van der Waals surface area contributed by atoms with Gasteiger partial charge in [-0.15, -0.1) is 0 Å². The van der Waals surface area contributed by atoms with Crippen molar-refractivity contribution in [1.82, 2.24) is 4.90 Å². The van der Waals surface area contributed by atoms with Crippen LogP contribution in [0.25, 0.3) is 0 Å². The number of carbonyl (C=O) groups is 1. The summed E-state index contributed by atoms with van der Waals surface area (Å²) in [6, 6.07) is 18.4. The van der Waals surface area contributed by atoms with Crippen molar-refractivity contribution in [3.05, 3.63) is 60.2 Å². The lowest BCUT2D eigenvalue weighted by molar-refractivity contribution is -0.130. The maximum Gasteiger partial charge on any atom is 0.241 e. The van der Waals surface area contributed by atoms with Gasteiger partial charge < -0.3 is 15.0 Å². The average molecular weight is 367 g/mol. The number of benzene rings is 2. The van der Waals surface area contributed by atoms with Crippen LogP contribution < -0.4 is 10.1 Å². The predicted molar refractivity (Wildman–Crippen MR) is 110 cm³/mol. The smallest absolute Gasteiger partial charge is 0.241 e. The molecule has 0 aliphatic carbocycles. The molecule has 0 unspecified atom stereocenters. The maximum atomic E-state index is 12.5. The van der Waals surface area contributed by atoms with E-state index in [1.54, 1.807) is 0 Å². The molecule has 3 rings (SSSR count). The molecule has 1 aliphatic rings. The molecule has 0 radical (unpaired) electrons. The molecule has 1 N–H and O–H groups in total. The highest BCUT2D eigenvalue weighted by molar-refractivity contribution is 5.81. The van der Waals surface area contributed by atoms with E-state index in [1.165, 1.54) is 5.56 Å². The van der Waals surface area contributed by atoms with Gasteiger partial charge in [0.1, 0.15) is 5.75 Å². The molecule has 0 bridgehead atoms. The minimum absolute atomic E-state index is 0.162. The van der Waals surface area contributed by atoms with Crippen molar-refractivity contribution in [3.63, 3.8) is 0 Å². The lowest BCUT2D eigenvalue weighted by atomic mass is 9.90. The van der Waals surface area contributed by atoms with Crippen LogP contribution in [-0.2, 0) is 11.2 Å². The zero-order chi connectivity index (χ0) is 19.1. The van der Waals surface area contributed by atoms with E-state index in [9.17, 15) is 4.79 Å². The topological polar surface area (TPSA) is 41.6 Å². The lowest BCUT2D eigenvalue weighted by Gasteiger charge is -2.32. The van der Waals surface area contributed by atoms with Crippen molar-refractivity contribution in [2.45, 2.75) is 39.2 Å². The van der Waals surface area contributed by atoms with Crippen LogP contribution in [0.3, 0.4) is 0 Å². The molecule has 1 saturated heterocycles. The molecule has 1 amide bonds. The van der Waals surface area contributed by atoms with Crippen molar-refractivity contribution in [1.29, 1.82) is 0 Å². The number of ether oxygens (including phenoxy) is 1. The normalized spacial score (nSPS) is 15.0. The molecule has 27 heavy (non-hydrogen) atoms. The third-order valence-corrected chi connectivity index (χ3v) is 5.00. The lowest BCUT2D eigenvalue weighted by Crippen LogP contribution is -2.41. The van der Waals surface area contributed by atoms with Crippen LogP contribution in [0, 0.1) is 5.92 Å². The number of hydrogen-bond donors (Lipinski definition) is 1. The van der Waals surface area contributed by atoms with E-state index >= 15 is 0 Å². The Kier molecular flexibility index (Phi) is 6.74. The second-order valence-electron chi connectivity index (χ2n) is 7.56. The summed E-state index contributed by atoms with van der Waals surface area (Å²) in [5.41, 5.74) is 2.34. The van der Waals surface area contributed by atoms with E-state index in [-0.39, 0.29) is 12.0 Å². The monoisotopic (exact) mass is 366 g/mol. The molecule has 4 heteroatoms. The van der Waals surface area contributed by atoms with E-state index in [2.05, 4.69) is 35.6 Å². The number of carbonyl (C=O) groups excluding carboxylic acids is 1. The summed E-state index contributed by atoms with van der Waals surface area (Å²) in [7, 11) is 0. The SMILES string of the molecule is CC(C)Oc1ccc(NCC(=O)N2CCC(Cc3ccccc3)CC2)cc1. The number of amides is 1. The van der Waals surface area contributed by atoms with Gasteiger partial charge in [0.05, 0.1) is 12.6 Å². The molecule has 4 nitrogen and oxygen atoms in total. The van der Waals surface area contributed by atoms with Gasteiger partial charge in [-0.2, -0.15) is 0 Å². The van der Waals surface area contributed by atoms with Gasteiger partial charge in [0, 0.05) is 18.8 Å². The Morgan fingerprint density at radius 1 is 1.07 bits per heavy atom. The summed E-state index contributed by atoms with van der Waals surface area (Å²) in [6.45, 7) is 6.08. The number of nitrogens with one attached hydrogen (secondary N) is 1. The first-order chi connectivity index (χ1) is 13.1. The Balaban J connectivity index is 1.40. The molecule has 144 valence electrons. The highest BCUT2D eigenvalue weighted by Crippen LogP contribution is 2.22. The molecule has 1 aliphatic heterocycles. The van der Waals surface area contributed by atoms with Gasteiger partial charge in [-0.25, -0.2) is 0 Å². The van der Waals surface area contributed by atoms with Gasteiger partial charge in [0.25, 0.3) is 0 Å². The fraction of sp³-hybridized carbons (Fsp3) is 0.435. The molecular weight excluding hydrogens is 336 g/mol. The molecule has 0 saturated carbocycles. The van der Waals surface area contributed by atoms with Gasteiger partial charge in [-0.1, -0.05) is 30.3 Å². The van der Waals surface area contributed by atoms with Crippen LogP contribution in [0.15, 0.2) is 54.6 Å². The largest absolute Gasteiger partial charge is 0.491 e. The minimum Gasteiger partial charge on any atom is -0.491 e. The zero-order valence-electron chi connectivity index (χ0n) is 16.4. The van der Waals surface area contributed by atoms with Crippen molar-refractivity contribution < 1.29 is 9.53 Å². The maximum absolute atomic E-state index is 12.5. The first-order valence-electron chi connectivity index (χ1n) is 9.92. The minimum atomic E-state index is 0.162. The van der Waals surface area contributed by atoms with Crippen LogP contribution in [-0.4, -0.2) is 36.5 Å². The van der Waals surface area contributed by atoms with E-state index < -0.39 is 0 Å². The van der Waals surface area contributed by atoms with Gasteiger partial charge in [0.15, 0.2) is 0 Å². The van der Waals surface area contributed by atoms with E-state index in [0.717, 1.165) is 43.8 Å². The first kappa shape index (κ1) is 19.3. The Morgan fingerprint density at radius 2 is 1.74 bits per heavy atom. The summed E-state index contributed by atoms with van der Waals surface area (Å²) < 4.78 is 5.64. The van der Waals surface area contributed by atoms with Gasteiger partial charge >= 0.3 is 0 Å². The number of piperidine rings is 1. The summed E-state index contributed by atoms with van der Waals surface area (Å²) in [6.07, 6.45) is 3.45. The summed E-state index contributed by atoms with van der Waals surface area (Å²) in [5, 5.41) is 3.23. The molecule has 1 fully saturated rings. The molecular formula is C23H30N2O2.